The van der Waals surface area contributed by atoms with E-state index in [-0.39, 0.29) is 0 Å². The number of H-pyrrole nitrogens is 1. The Labute approximate surface area is 213 Å². The van der Waals surface area contributed by atoms with Crippen LogP contribution in [0.3, 0.4) is 0 Å². The van der Waals surface area contributed by atoms with Crippen LogP contribution in [0.4, 0.5) is 0 Å². The number of hydrogen-bond acceptors (Lipinski definition) is 5. The Kier molecular flexibility index (Phi) is 6.08. The van der Waals surface area contributed by atoms with Crippen LogP contribution in [0.25, 0.3) is 27.7 Å². The topological polar surface area (TPSA) is 71.3 Å². The zero-order valence-corrected chi connectivity index (χ0v) is 22.2. The molecule has 0 amide bonds. The van der Waals surface area contributed by atoms with Crippen LogP contribution in [0.15, 0.2) is 30.7 Å². The monoisotopic (exact) mass is 486 g/mol. The molecule has 3 aromatic heterocycles. The maximum atomic E-state index is 5.97. The van der Waals surface area contributed by atoms with Crippen LogP contribution in [-0.4, -0.2) is 61.0 Å². The van der Waals surface area contributed by atoms with Gasteiger partial charge >= 0.3 is 0 Å². The van der Waals surface area contributed by atoms with E-state index >= 15 is 0 Å². The van der Waals surface area contributed by atoms with Crippen molar-refractivity contribution in [3.63, 3.8) is 0 Å². The van der Waals surface area contributed by atoms with E-state index in [2.05, 4.69) is 79.1 Å². The zero-order valence-electron chi connectivity index (χ0n) is 22.2. The summed E-state index contributed by atoms with van der Waals surface area (Å²) in [5.74, 6) is 0.955. The van der Waals surface area contributed by atoms with Gasteiger partial charge in [-0.15, -0.1) is 0 Å². The highest BCUT2D eigenvalue weighted by molar-refractivity contribution is 5.89. The molecule has 7 nitrogen and oxygen atoms in total. The lowest BCUT2D eigenvalue weighted by Gasteiger charge is -2.46. The summed E-state index contributed by atoms with van der Waals surface area (Å²) >= 11 is 0. The minimum Gasteiger partial charge on any atom is -0.373 e. The molecule has 1 aromatic carbocycles. The number of hydrogen-bond donors (Lipinski definition) is 1. The molecular weight excluding hydrogens is 448 g/mol. The third kappa shape index (κ3) is 4.22. The Balaban J connectivity index is 1.24. The van der Waals surface area contributed by atoms with Gasteiger partial charge in [0.2, 0.25) is 0 Å². The number of benzene rings is 1. The lowest BCUT2D eigenvalue weighted by Crippen LogP contribution is -2.57. The first-order valence-electron chi connectivity index (χ1n) is 13.6. The smallest absolute Gasteiger partial charge is 0.158 e. The van der Waals surface area contributed by atoms with Gasteiger partial charge in [-0.05, 0) is 87.3 Å². The molecule has 0 spiro atoms. The van der Waals surface area contributed by atoms with Gasteiger partial charge < -0.3 is 4.74 Å². The van der Waals surface area contributed by atoms with Gasteiger partial charge in [0.25, 0.3) is 0 Å². The van der Waals surface area contributed by atoms with Crippen LogP contribution in [0.5, 0.6) is 0 Å². The van der Waals surface area contributed by atoms with Gasteiger partial charge in [-0.1, -0.05) is 13.8 Å². The van der Waals surface area contributed by atoms with Gasteiger partial charge in [-0.3, -0.25) is 10.00 Å². The average molecular weight is 487 g/mol. The SMILES string of the molecule is Cc1cc(-c2cc3n[nH]c(C4CCC(N5CC(OC(C)C)C5)CC4)c3cc2C(C)C)cn2ncnc12. The molecule has 1 aliphatic heterocycles. The van der Waals surface area contributed by atoms with Crippen LogP contribution >= 0.6 is 0 Å². The molecule has 0 radical (unpaired) electrons. The van der Waals surface area contributed by atoms with Crippen molar-refractivity contribution < 1.29 is 4.74 Å². The maximum Gasteiger partial charge on any atom is 0.158 e. The highest BCUT2D eigenvalue weighted by Crippen LogP contribution is 2.40. The first-order valence-corrected chi connectivity index (χ1v) is 13.6. The van der Waals surface area contributed by atoms with E-state index in [4.69, 9.17) is 9.84 Å². The molecule has 1 aliphatic carbocycles. The third-order valence-electron chi connectivity index (χ3n) is 8.21. The Bertz CT molecular complexity index is 1370. The summed E-state index contributed by atoms with van der Waals surface area (Å²) in [7, 11) is 0. The number of aromatic nitrogens is 5. The molecule has 1 saturated heterocycles. The number of nitrogens with one attached hydrogen (secondary N) is 1. The summed E-state index contributed by atoms with van der Waals surface area (Å²) in [4.78, 5) is 7.01. The highest BCUT2D eigenvalue weighted by atomic mass is 16.5. The van der Waals surface area contributed by atoms with Crippen LogP contribution in [0.2, 0.25) is 0 Å². The minimum absolute atomic E-state index is 0.326. The van der Waals surface area contributed by atoms with Gasteiger partial charge in [-0.2, -0.15) is 10.2 Å². The summed E-state index contributed by atoms with van der Waals surface area (Å²) in [6.07, 6.45) is 9.41. The van der Waals surface area contributed by atoms with Gasteiger partial charge in [0.05, 0.1) is 17.7 Å². The van der Waals surface area contributed by atoms with E-state index in [9.17, 15) is 0 Å². The van der Waals surface area contributed by atoms with Crippen molar-refractivity contribution in [1.29, 1.82) is 0 Å². The van der Waals surface area contributed by atoms with Gasteiger partial charge in [0, 0.05) is 47.9 Å². The van der Waals surface area contributed by atoms with Crippen molar-refractivity contribution in [3.8, 4) is 11.1 Å². The standard InChI is InChI=1S/C29H38N6O/c1-17(2)24-11-26-27(12-25(24)21-10-19(5)29-30-16-31-35(29)13-21)32-33-28(26)20-6-8-22(9-7-20)34-14-23(15-34)36-18(3)4/h10-13,16-18,20,22-23H,6-9,14-15H2,1-5H3,(H,32,33). The third-order valence-corrected chi connectivity index (χ3v) is 8.21. The highest BCUT2D eigenvalue weighted by Gasteiger charge is 2.36. The van der Waals surface area contributed by atoms with Crippen LogP contribution < -0.4 is 0 Å². The molecule has 7 heteroatoms. The number of fused-ring (bicyclic) bond motifs is 2. The van der Waals surface area contributed by atoms with Crippen molar-refractivity contribution in [2.45, 2.75) is 90.4 Å². The molecule has 4 heterocycles. The number of nitrogens with zero attached hydrogens (tertiary/aromatic N) is 5. The van der Waals surface area contributed by atoms with Gasteiger partial charge in [0.1, 0.15) is 6.33 Å². The Morgan fingerprint density at radius 2 is 1.81 bits per heavy atom. The normalized spacial score (nSPS) is 21.8. The summed E-state index contributed by atoms with van der Waals surface area (Å²) in [6.45, 7) is 13.1. The second-order valence-electron chi connectivity index (χ2n) is 11.5. The van der Waals surface area contributed by atoms with Gasteiger partial charge in [0.15, 0.2) is 5.65 Å². The van der Waals surface area contributed by atoms with Gasteiger partial charge in [-0.25, -0.2) is 9.50 Å². The first kappa shape index (κ1) is 23.6. The predicted octanol–water partition coefficient (Wildman–Crippen LogP) is 5.84. The van der Waals surface area contributed by atoms with E-state index in [0.717, 1.165) is 35.4 Å². The lowest BCUT2D eigenvalue weighted by molar-refractivity contribution is -0.0993. The summed E-state index contributed by atoms with van der Waals surface area (Å²) < 4.78 is 7.85. The molecule has 1 N–H and O–H groups in total. The molecule has 190 valence electrons. The fourth-order valence-electron chi connectivity index (χ4n) is 6.34. The fourth-order valence-corrected chi connectivity index (χ4v) is 6.34. The maximum absolute atomic E-state index is 5.97. The number of pyridine rings is 1. The Morgan fingerprint density at radius 1 is 1.03 bits per heavy atom. The lowest BCUT2D eigenvalue weighted by atomic mass is 9.81. The van der Waals surface area contributed by atoms with Crippen LogP contribution in [0.1, 0.15) is 82.0 Å². The minimum atomic E-state index is 0.326. The van der Waals surface area contributed by atoms with Crippen LogP contribution in [-0.2, 0) is 4.74 Å². The number of ether oxygens (including phenoxy) is 1. The number of aromatic amines is 1. The van der Waals surface area contributed by atoms with E-state index in [1.807, 2.05) is 4.52 Å². The molecule has 4 aromatic rings. The summed E-state index contributed by atoms with van der Waals surface area (Å²) in [5, 5.41) is 13.9. The predicted molar refractivity (Wildman–Crippen MR) is 143 cm³/mol. The number of rotatable bonds is 6. The van der Waals surface area contributed by atoms with Crippen molar-refractivity contribution in [3.05, 3.63) is 47.5 Å². The van der Waals surface area contributed by atoms with Crippen molar-refractivity contribution >= 4 is 16.6 Å². The number of likely N-dealkylation sites (tertiary alicyclic amines) is 1. The molecule has 36 heavy (non-hydrogen) atoms. The largest absolute Gasteiger partial charge is 0.373 e. The van der Waals surface area contributed by atoms with E-state index in [1.165, 1.54) is 47.9 Å². The molecule has 0 atom stereocenters. The molecule has 0 unspecified atom stereocenters. The molecule has 2 fully saturated rings. The second kappa shape index (κ2) is 9.27. The zero-order chi connectivity index (χ0) is 25.0. The fraction of sp³-hybridized carbons (Fsp3) is 0.552. The van der Waals surface area contributed by atoms with Crippen molar-refractivity contribution in [1.82, 2.24) is 29.7 Å². The quantitative estimate of drug-likeness (QED) is 0.371. The van der Waals surface area contributed by atoms with Crippen LogP contribution in [0, 0.1) is 6.92 Å². The molecular formula is C29H38N6O. The van der Waals surface area contributed by atoms with E-state index in [0.29, 0.717) is 30.1 Å². The molecule has 0 bridgehead atoms. The Hall–Kier alpha value is -2.77. The first-order chi connectivity index (χ1) is 17.4. The van der Waals surface area contributed by atoms with Crippen molar-refractivity contribution in [2.24, 2.45) is 0 Å². The summed E-state index contributed by atoms with van der Waals surface area (Å²) in [6, 6.07) is 7.58. The number of aryl methyl sites for hydroxylation is 1. The van der Waals surface area contributed by atoms with Crippen molar-refractivity contribution in [2.75, 3.05) is 13.1 Å². The average Bonchev–Trinajstić information content (AvgIpc) is 3.47. The Morgan fingerprint density at radius 3 is 2.53 bits per heavy atom. The van der Waals surface area contributed by atoms with E-state index < -0.39 is 0 Å². The molecule has 2 aliphatic rings. The van der Waals surface area contributed by atoms with E-state index in [1.54, 1.807) is 6.33 Å². The molecule has 6 rings (SSSR count). The second-order valence-corrected chi connectivity index (χ2v) is 11.5. The molecule has 1 saturated carbocycles. The summed E-state index contributed by atoms with van der Waals surface area (Å²) in [5.41, 5.74) is 8.16.